The number of piperidine rings is 1. The van der Waals surface area contributed by atoms with E-state index in [1.165, 1.54) is 36.6 Å². The zero-order chi connectivity index (χ0) is 16.1. The molecule has 0 saturated carbocycles. The van der Waals surface area contributed by atoms with Crippen molar-refractivity contribution in [2.45, 2.75) is 39.3 Å². The first kappa shape index (κ1) is 15.4. The molecule has 1 fully saturated rings. The Bertz CT molecular complexity index is 650. The molecule has 1 aliphatic heterocycles. The molecule has 2 aromatic heterocycles. The second-order valence-corrected chi connectivity index (χ2v) is 5.70. The number of rotatable bonds is 5. The van der Waals surface area contributed by atoms with Crippen LogP contribution >= 0.6 is 0 Å². The smallest absolute Gasteiger partial charge is 0.242 e. The van der Waals surface area contributed by atoms with E-state index in [1.54, 1.807) is 0 Å². The third-order valence-corrected chi connectivity index (χ3v) is 3.78. The summed E-state index contributed by atoms with van der Waals surface area (Å²) in [5.41, 5.74) is 0.918. The van der Waals surface area contributed by atoms with Crippen molar-refractivity contribution in [3.63, 3.8) is 0 Å². The molecule has 0 radical (unpaired) electrons. The largest absolute Gasteiger partial charge is 0.357 e. The predicted octanol–water partition coefficient (Wildman–Crippen LogP) is 0.683. The van der Waals surface area contributed by atoms with Crippen LogP contribution in [0.3, 0.4) is 0 Å². The first-order valence-corrected chi connectivity index (χ1v) is 7.89. The van der Waals surface area contributed by atoms with Crippen LogP contribution < -0.4 is 10.2 Å². The molecule has 0 aliphatic carbocycles. The maximum Gasteiger partial charge on any atom is 0.242 e. The summed E-state index contributed by atoms with van der Waals surface area (Å²) in [4.78, 5) is 27.0. The Morgan fingerprint density at radius 1 is 1.26 bits per heavy atom. The van der Waals surface area contributed by atoms with Crippen LogP contribution in [0.15, 0.2) is 18.7 Å². The molecule has 0 spiro atoms. The van der Waals surface area contributed by atoms with Crippen molar-refractivity contribution < 1.29 is 4.79 Å². The summed E-state index contributed by atoms with van der Waals surface area (Å²) < 4.78 is 1.48. The van der Waals surface area contributed by atoms with Gasteiger partial charge in [0.2, 0.25) is 5.91 Å². The fraction of sp³-hybridized carbons (Fsp3) is 0.533. The van der Waals surface area contributed by atoms with E-state index in [2.05, 4.69) is 30.3 Å². The molecule has 0 aromatic carbocycles. The lowest BCUT2D eigenvalue weighted by Crippen LogP contribution is -2.31. The summed E-state index contributed by atoms with van der Waals surface area (Å²) in [6, 6.07) is 2.01. The van der Waals surface area contributed by atoms with Crippen molar-refractivity contribution in [3.05, 3.63) is 30.2 Å². The predicted molar refractivity (Wildman–Crippen MR) is 84.7 cm³/mol. The summed E-state index contributed by atoms with van der Waals surface area (Å²) in [5, 5.41) is 6.73. The number of hydrogen-bond acceptors (Lipinski definition) is 6. The average Bonchev–Trinajstić information content (AvgIpc) is 3.06. The monoisotopic (exact) mass is 315 g/mol. The van der Waals surface area contributed by atoms with Crippen LogP contribution in [0.2, 0.25) is 0 Å². The average molecular weight is 315 g/mol. The van der Waals surface area contributed by atoms with Gasteiger partial charge in [0.1, 0.15) is 30.8 Å². The Hall–Kier alpha value is -2.51. The highest BCUT2D eigenvalue weighted by molar-refractivity contribution is 5.75. The van der Waals surface area contributed by atoms with Crippen LogP contribution in [0.4, 0.5) is 5.82 Å². The standard InChI is InChI=1S/C15H21N7O/c1-12-7-14(21-5-3-2-4-6-21)20-13(19-12)8-17-15(23)9-22-11-16-10-18-22/h7,10-11H,2-6,8-9H2,1H3,(H,17,23). The third-order valence-electron chi connectivity index (χ3n) is 3.78. The van der Waals surface area contributed by atoms with E-state index in [-0.39, 0.29) is 12.5 Å². The van der Waals surface area contributed by atoms with Gasteiger partial charge in [0.05, 0.1) is 6.54 Å². The highest BCUT2D eigenvalue weighted by Crippen LogP contribution is 2.18. The number of nitrogens with one attached hydrogen (secondary N) is 1. The van der Waals surface area contributed by atoms with Gasteiger partial charge in [0.15, 0.2) is 0 Å². The van der Waals surface area contributed by atoms with Crippen molar-refractivity contribution in [2.75, 3.05) is 18.0 Å². The van der Waals surface area contributed by atoms with Gasteiger partial charge in [-0.1, -0.05) is 0 Å². The summed E-state index contributed by atoms with van der Waals surface area (Å²) in [5.74, 6) is 1.45. The molecule has 1 saturated heterocycles. The Morgan fingerprint density at radius 3 is 2.83 bits per heavy atom. The molecule has 1 aliphatic rings. The maximum atomic E-state index is 11.9. The van der Waals surface area contributed by atoms with Gasteiger partial charge in [-0.25, -0.2) is 19.6 Å². The summed E-state index contributed by atoms with van der Waals surface area (Å²) in [7, 11) is 0. The molecule has 8 heteroatoms. The normalized spacial score (nSPS) is 14.7. The SMILES string of the molecule is Cc1cc(N2CCCCC2)nc(CNC(=O)Cn2cncn2)n1. The fourth-order valence-electron chi connectivity index (χ4n) is 2.67. The Morgan fingerprint density at radius 2 is 2.09 bits per heavy atom. The zero-order valence-corrected chi connectivity index (χ0v) is 13.3. The van der Waals surface area contributed by atoms with E-state index in [0.717, 1.165) is 24.6 Å². The summed E-state index contributed by atoms with van der Waals surface area (Å²) in [6.07, 6.45) is 6.60. The van der Waals surface area contributed by atoms with Gasteiger partial charge >= 0.3 is 0 Å². The van der Waals surface area contributed by atoms with Gasteiger partial charge in [0, 0.05) is 24.8 Å². The molecule has 2 aromatic rings. The number of carbonyl (C=O) groups is 1. The Labute approximate surface area is 135 Å². The van der Waals surface area contributed by atoms with E-state index in [0.29, 0.717) is 12.4 Å². The minimum Gasteiger partial charge on any atom is -0.357 e. The Balaban J connectivity index is 1.60. The topological polar surface area (TPSA) is 88.8 Å². The second-order valence-electron chi connectivity index (χ2n) is 5.70. The van der Waals surface area contributed by atoms with E-state index in [9.17, 15) is 4.79 Å². The van der Waals surface area contributed by atoms with Gasteiger partial charge in [0.25, 0.3) is 0 Å². The lowest BCUT2D eigenvalue weighted by Gasteiger charge is -2.28. The van der Waals surface area contributed by atoms with Gasteiger partial charge in [-0.2, -0.15) is 5.10 Å². The molecule has 23 heavy (non-hydrogen) atoms. The molecular weight excluding hydrogens is 294 g/mol. The minimum absolute atomic E-state index is 0.139. The van der Waals surface area contributed by atoms with Crippen LogP contribution in [0.1, 0.15) is 30.8 Å². The number of anilines is 1. The second kappa shape index (κ2) is 7.17. The molecule has 1 amide bonds. The lowest BCUT2D eigenvalue weighted by atomic mass is 10.1. The molecule has 1 N–H and O–H groups in total. The molecule has 122 valence electrons. The number of carbonyl (C=O) groups excluding carboxylic acids is 1. The Kier molecular flexibility index (Phi) is 4.80. The molecule has 0 atom stereocenters. The third kappa shape index (κ3) is 4.24. The van der Waals surface area contributed by atoms with Crippen molar-refractivity contribution in [1.29, 1.82) is 0 Å². The van der Waals surface area contributed by atoms with Crippen molar-refractivity contribution in [1.82, 2.24) is 30.0 Å². The quantitative estimate of drug-likeness (QED) is 0.873. The highest BCUT2D eigenvalue weighted by atomic mass is 16.2. The van der Waals surface area contributed by atoms with Crippen molar-refractivity contribution in [2.24, 2.45) is 0 Å². The van der Waals surface area contributed by atoms with Gasteiger partial charge in [-0.3, -0.25) is 4.79 Å². The van der Waals surface area contributed by atoms with E-state index in [4.69, 9.17) is 0 Å². The molecule has 3 heterocycles. The first-order chi connectivity index (χ1) is 11.2. The minimum atomic E-state index is -0.139. The number of hydrogen-bond donors (Lipinski definition) is 1. The molecule has 0 unspecified atom stereocenters. The van der Waals surface area contributed by atoms with Gasteiger partial charge < -0.3 is 10.2 Å². The number of aromatic nitrogens is 5. The van der Waals surface area contributed by atoms with Crippen LogP contribution in [0.25, 0.3) is 0 Å². The van der Waals surface area contributed by atoms with E-state index < -0.39 is 0 Å². The molecular formula is C15H21N7O. The summed E-state index contributed by atoms with van der Waals surface area (Å²) >= 11 is 0. The molecule has 0 bridgehead atoms. The fourth-order valence-corrected chi connectivity index (χ4v) is 2.67. The first-order valence-electron chi connectivity index (χ1n) is 7.89. The van der Waals surface area contributed by atoms with Crippen molar-refractivity contribution >= 4 is 11.7 Å². The van der Waals surface area contributed by atoms with Crippen LogP contribution in [-0.4, -0.2) is 43.7 Å². The molecule has 3 rings (SSSR count). The number of aryl methyl sites for hydroxylation is 1. The maximum absolute atomic E-state index is 11.9. The van der Waals surface area contributed by atoms with Crippen LogP contribution in [0, 0.1) is 6.92 Å². The van der Waals surface area contributed by atoms with Crippen molar-refractivity contribution in [3.8, 4) is 0 Å². The number of nitrogens with zero attached hydrogens (tertiary/aromatic N) is 6. The summed E-state index contributed by atoms with van der Waals surface area (Å²) in [6.45, 7) is 4.49. The lowest BCUT2D eigenvalue weighted by molar-refractivity contribution is -0.122. The van der Waals surface area contributed by atoms with E-state index in [1.807, 2.05) is 13.0 Å². The molecule has 8 nitrogen and oxygen atoms in total. The number of amides is 1. The van der Waals surface area contributed by atoms with E-state index >= 15 is 0 Å². The van der Waals surface area contributed by atoms with Crippen LogP contribution in [-0.2, 0) is 17.9 Å². The van der Waals surface area contributed by atoms with Gasteiger partial charge in [-0.05, 0) is 26.2 Å². The van der Waals surface area contributed by atoms with Crippen LogP contribution in [0.5, 0.6) is 0 Å². The van der Waals surface area contributed by atoms with Gasteiger partial charge in [-0.15, -0.1) is 0 Å². The highest BCUT2D eigenvalue weighted by Gasteiger charge is 2.14. The zero-order valence-electron chi connectivity index (χ0n) is 13.3.